The third-order valence-corrected chi connectivity index (χ3v) is 5.44. The van der Waals surface area contributed by atoms with Crippen LogP contribution in [-0.2, 0) is 17.9 Å². The number of hydrogen-bond acceptors (Lipinski definition) is 5. The van der Waals surface area contributed by atoms with Gasteiger partial charge in [-0.2, -0.15) is 0 Å². The lowest BCUT2D eigenvalue weighted by atomic mass is 10.1. The molecule has 0 saturated carbocycles. The highest BCUT2D eigenvalue weighted by Crippen LogP contribution is 2.36. The average Bonchev–Trinajstić information content (AvgIpc) is 2.73. The zero-order valence-electron chi connectivity index (χ0n) is 16.0. The molecule has 5 nitrogen and oxygen atoms in total. The van der Waals surface area contributed by atoms with Crippen molar-refractivity contribution in [2.24, 2.45) is 0 Å². The van der Waals surface area contributed by atoms with E-state index in [1.54, 1.807) is 19.2 Å². The van der Waals surface area contributed by atoms with E-state index in [-0.39, 0.29) is 5.82 Å². The molecular formula is C21H26BrFN2O3. The van der Waals surface area contributed by atoms with Crippen molar-refractivity contribution in [1.82, 2.24) is 10.2 Å². The maximum Gasteiger partial charge on any atom is 0.167 e. The van der Waals surface area contributed by atoms with Crippen molar-refractivity contribution in [1.29, 1.82) is 0 Å². The molecular weight excluding hydrogens is 427 g/mol. The first-order valence-corrected chi connectivity index (χ1v) is 10.2. The van der Waals surface area contributed by atoms with E-state index in [1.807, 2.05) is 12.1 Å². The molecule has 0 spiro atoms. The Bertz CT molecular complexity index is 752. The first-order chi connectivity index (χ1) is 13.7. The van der Waals surface area contributed by atoms with Gasteiger partial charge in [-0.15, -0.1) is 0 Å². The fraction of sp³-hybridized carbons (Fsp3) is 0.429. The van der Waals surface area contributed by atoms with E-state index in [0.29, 0.717) is 24.7 Å². The van der Waals surface area contributed by atoms with E-state index in [1.165, 1.54) is 12.1 Å². The second-order valence-corrected chi connectivity index (χ2v) is 7.46. The Morgan fingerprint density at radius 2 is 1.89 bits per heavy atom. The molecule has 0 atom stereocenters. The molecule has 2 aromatic carbocycles. The summed E-state index contributed by atoms with van der Waals surface area (Å²) in [4.78, 5) is 2.39. The lowest BCUT2D eigenvalue weighted by Gasteiger charge is -2.26. The lowest BCUT2D eigenvalue weighted by molar-refractivity contribution is 0.0384. The quantitative estimate of drug-likeness (QED) is 0.588. The van der Waals surface area contributed by atoms with Gasteiger partial charge in [0.1, 0.15) is 12.4 Å². The van der Waals surface area contributed by atoms with Crippen LogP contribution < -0.4 is 14.8 Å². The minimum atomic E-state index is -0.256. The van der Waals surface area contributed by atoms with Crippen LogP contribution in [0.5, 0.6) is 11.5 Å². The molecule has 0 aliphatic carbocycles. The zero-order chi connectivity index (χ0) is 19.8. The van der Waals surface area contributed by atoms with Crippen LogP contribution in [-0.4, -0.2) is 51.4 Å². The summed E-state index contributed by atoms with van der Waals surface area (Å²) in [6.07, 6.45) is 0. The molecule has 0 bridgehead atoms. The van der Waals surface area contributed by atoms with Crippen LogP contribution in [0.3, 0.4) is 0 Å². The first-order valence-electron chi connectivity index (χ1n) is 9.41. The molecule has 152 valence electrons. The van der Waals surface area contributed by atoms with Gasteiger partial charge in [0.25, 0.3) is 0 Å². The van der Waals surface area contributed by atoms with Gasteiger partial charge in [0, 0.05) is 42.8 Å². The van der Waals surface area contributed by atoms with Gasteiger partial charge >= 0.3 is 0 Å². The number of nitrogens with zero attached hydrogens (tertiary/aromatic N) is 1. The summed E-state index contributed by atoms with van der Waals surface area (Å²) in [6, 6.07) is 10.2. The van der Waals surface area contributed by atoms with Crippen LogP contribution in [0.2, 0.25) is 0 Å². The highest BCUT2D eigenvalue weighted by Gasteiger charge is 2.15. The molecule has 2 aromatic rings. The summed E-state index contributed by atoms with van der Waals surface area (Å²) in [6.45, 7) is 6.44. The summed E-state index contributed by atoms with van der Waals surface area (Å²) in [5.41, 5.74) is 1.90. The SMILES string of the molecule is COc1ccc(Br)c(CNCCN2CCOCC2)c1OCc1ccc(F)cc1. The number of benzene rings is 2. The zero-order valence-corrected chi connectivity index (χ0v) is 17.6. The molecule has 3 rings (SSSR count). The Labute approximate surface area is 173 Å². The van der Waals surface area contributed by atoms with Crippen molar-refractivity contribution < 1.29 is 18.6 Å². The molecule has 0 radical (unpaired) electrons. The Balaban J connectivity index is 1.62. The third-order valence-electron chi connectivity index (χ3n) is 4.69. The molecule has 1 aliphatic heterocycles. The van der Waals surface area contributed by atoms with Gasteiger partial charge in [-0.1, -0.05) is 28.1 Å². The minimum Gasteiger partial charge on any atom is -0.493 e. The molecule has 1 heterocycles. The highest BCUT2D eigenvalue weighted by atomic mass is 79.9. The van der Waals surface area contributed by atoms with Crippen LogP contribution in [0, 0.1) is 5.82 Å². The number of methoxy groups -OCH3 is 1. The molecule has 0 aromatic heterocycles. The summed E-state index contributed by atoms with van der Waals surface area (Å²) in [5.74, 6) is 1.12. The van der Waals surface area contributed by atoms with Gasteiger partial charge in [-0.05, 0) is 29.8 Å². The van der Waals surface area contributed by atoms with Crippen LogP contribution in [0.25, 0.3) is 0 Å². The van der Waals surface area contributed by atoms with Gasteiger partial charge in [0.15, 0.2) is 11.5 Å². The predicted octanol–water partition coefficient (Wildman–Crippen LogP) is 3.60. The Hall–Kier alpha value is -1.67. The van der Waals surface area contributed by atoms with Gasteiger partial charge < -0.3 is 19.5 Å². The van der Waals surface area contributed by atoms with Crippen molar-refractivity contribution in [2.75, 3.05) is 46.5 Å². The smallest absolute Gasteiger partial charge is 0.167 e. The first kappa shape index (κ1) is 21.0. The Morgan fingerprint density at radius 3 is 2.61 bits per heavy atom. The lowest BCUT2D eigenvalue weighted by Crippen LogP contribution is -2.40. The second-order valence-electron chi connectivity index (χ2n) is 6.60. The van der Waals surface area contributed by atoms with E-state index < -0.39 is 0 Å². The topological polar surface area (TPSA) is 43.0 Å². The number of halogens is 2. The van der Waals surface area contributed by atoms with Crippen LogP contribution in [0.15, 0.2) is 40.9 Å². The summed E-state index contributed by atoms with van der Waals surface area (Å²) in [5, 5.41) is 3.49. The maximum atomic E-state index is 13.1. The Kier molecular flexibility index (Phi) is 8.09. The van der Waals surface area contributed by atoms with Crippen molar-refractivity contribution in [3.8, 4) is 11.5 Å². The Morgan fingerprint density at radius 1 is 1.14 bits per heavy atom. The van der Waals surface area contributed by atoms with Crippen molar-refractivity contribution in [2.45, 2.75) is 13.2 Å². The molecule has 1 saturated heterocycles. The fourth-order valence-electron chi connectivity index (χ4n) is 3.08. The highest BCUT2D eigenvalue weighted by molar-refractivity contribution is 9.10. The van der Waals surface area contributed by atoms with E-state index in [9.17, 15) is 4.39 Å². The van der Waals surface area contributed by atoms with Gasteiger partial charge in [0.05, 0.1) is 20.3 Å². The van der Waals surface area contributed by atoms with Gasteiger partial charge in [-0.25, -0.2) is 4.39 Å². The molecule has 1 N–H and O–H groups in total. The number of ether oxygens (including phenoxy) is 3. The molecule has 0 unspecified atom stereocenters. The van der Waals surface area contributed by atoms with Crippen molar-refractivity contribution in [3.05, 3.63) is 57.8 Å². The predicted molar refractivity (Wildman–Crippen MR) is 110 cm³/mol. The van der Waals surface area contributed by atoms with Crippen molar-refractivity contribution >= 4 is 15.9 Å². The van der Waals surface area contributed by atoms with Crippen LogP contribution in [0.4, 0.5) is 4.39 Å². The molecule has 0 amide bonds. The molecule has 7 heteroatoms. The summed E-state index contributed by atoms with van der Waals surface area (Å²) < 4.78 is 31.0. The molecule has 1 aliphatic rings. The summed E-state index contributed by atoms with van der Waals surface area (Å²) >= 11 is 3.62. The number of morpholine rings is 1. The normalized spacial score (nSPS) is 14.8. The second kappa shape index (κ2) is 10.8. The fourth-order valence-corrected chi connectivity index (χ4v) is 3.53. The summed E-state index contributed by atoms with van der Waals surface area (Å²) in [7, 11) is 1.63. The molecule has 28 heavy (non-hydrogen) atoms. The van der Waals surface area contributed by atoms with Crippen LogP contribution >= 0.6 is 15.9 Å². The number of nitrogens with one attached hydrogen (secondary N) is 1. The van der Waals surface area contributed by atoms with Gasteiger partial charge in [-0.3, -0.25) is 4.90 Å². The largest absolute Gasteiger partial charge is 0.493 e. The van der Waals surface area contributed by atoms with E-state index in [2.05, 4.69) is 26.1 Å². The van der Waals surface area contributed by atoms with Crippen molar-refractivity contribution in [3.63, 3.8) is 0 Å². The third kappa shape index (κ3) is 5.91. The average molecular weight is 453 g/mol. The standard InChI is InChI=1S/C21H26BrFN2O3/c1-26-20-7-6-19(22)18(14-24-8-9-25-10-12-27-13-11-25)21(20)28-15-16-2-4-17(23)5-3-16/h2-7,24H,8-15H2,1H3. The number of rotatable bonds is 9. The maximum absolute atomic E-state index is 13.1. The van der Waals surface area contributed by atoms with Crippen LogP contribution in [0.1, 0.15) is 11.1 Å². The van der Waals surface area contributed by atoms with E-state index in [0.717, 1.165) is 55.0 Å². The van der Waals surface area contributed by atoms with Gasteiger partial charge in [0.2, 0.25) is 0 Å². The molecule has 1 fully saturated rings. The van der Waals surface area contributed by atoms with E-state index in [4.69, 9.17) is 14.2 Å². The van der Waals surface area contributed by atoms with E-state index >= 15 is 0 Å². The number of hydrogen-bond donors (Lipinski definition) is 1. The monoisotopic (exact) mass is 452 g/mol. The minimum absolute atomic E-state index is 0.256.